The second kappa shape index (κ2) is 68.4. The summed E-state index contributed by atoms with van der Waals surface area (Å²) in [6, 6.07) is -0.976. The van der Waals surface area contributed by atoms with Crippen LogP contribution in [0.5, 0.6) is 0 Å². The molecule has 108 heavy (non-hydrogen) atoms. The number of ether oxygens (including phenoxy) is 6. The molecule has 19 heteroatoms. The SMILES string of the molecule is CC/C=C\C/C=C\C/C=C\C/C=C\C/C=C\C/C=C\CCCCCCCCCCCCCCCCCCCCCCCCC(=O)NC(COC1OC(CO)C(OC2OC(CO)C(OC3OC(CO)C(O)C(O)C3O)C(O)C2O)C(O)C1O)C(O)/C=C/CCCCCCCCCCCCCCCCCCCCCC. The molecule has 1 amide bonds. The van der Waals surface area contributed by atoms with Gasteiger partial charge in [0.15, 0.2) is 18.9 Å². The molecule has 19 nitrogen and oxygen atoms in total. The second-order valence-electron chi connectivity index (χ2n) is 31.0. The standard InChI is InChI=1S/C89H159NO18/c1-3-5-7-9-11-13-15-17-19-21-23-25-27-28-29-30-31-32-33-34-35-36-37-38-39-40-41-42-43-44-45-47-49-51-53-55-57-59-61-63-65-67-77(95)90-72(73(94)66-64-62-60-58-56-54-52-50-48-46-26-24-22-20-18-16-14-12-10-8-6-4-2)71-103-87-83(101)80(98)85(75(69-92)105-87)108-89-84(102)81(99)86(76(70-93)106-89)107-88-82(100)79(97)78(96)74(68-91)104-88/h5,7,11,13,17,19,23,25,28-29,31-32,64,66,72-76,78-89,91-94,96-102H,3-4,6,8-10,12,14-16,18,20-22,24,26-27,30,33-63,65,67-71H2,1-2H3,(H,90,95)/b7-5-,13-11-,19-17-,25-23-,29-28-,32-31-,66-64+. The van der Waals surface area contributed by atoms with Gasteiger partial charge in [0.1, 0.15) is 73.2 Å². The first-order valence-corrected chi connectivity index (χ1v) is 43.8. The molecule has 12 N–H and O–H groups in total. The Labute approximate surface area is 654 Å². The van der Waals surface area contributed by atoms with E-state index < -0.39 is 124 Å². The lowest BCUT2D eigenvalue weighted by atomic mass is 9.96. The molecule has 17 atom stereocenters. The highest BCUT2D eigenvalue weighted by atomic mass is 16.8. The highest BCUT2D eigenvalue weighted by Gasteiger charge is 2.54. The summed E-state index contributed by atoms with van der Waals surface area (Å²) in [6.07, 6.45) is 65.8. The lowest BCUT2D eigenvalue weighted by molar-refractivity contribution is -0.379. The van der Waals surface area contributed by atoms with Crippen molar-refractivity contribution in [3.8, 4) is 0 Å². The topological polar surface area (TPSA) is 307 Å². The summed E-state index contributed by atoms with van der Waals surface area (Å²) >= 11 is 0. The summed E-state index contributed by atoms with van der Waals surface area (Å²) in [5.41, 5.74) is 0. The number of rotatable bonds is 70. The average Bonchev–Trinajstić information content (AvgIpc) is 0.787. The first-order valence-electron chi connectivity index (χ1n) is 43.8. The quantitative estimate of drug-likeness (QED) is 0.0199. The van der Waals surface area contributed by atoms with Gasteiger partial charge < -0.3 is 89.9 Å². The van der Waals surface area contributed by atoms with E-state index in [-0.39, 0.29) is 18.9 Å². The maximum atomic E-state index is 13.5. The number of nitrogens with one attached hydrogen (secondary N) is 1. The van der Waals surface area contributed by atoms with Crippen LogP contribution in [0.2, 0.25) is 0 Å². The van der Waals surface area contributed by atoms with Crippen LogP contribution in [0.4, 0.5) is 0 Å². The molecule has 0 radical (unpaired) electrons. The fraction of sp³-hybridized carbons (Fsp3) is 0.831. The smallest absolute Gasteiger partial charge is 0.220 e. The van der Waals surface area contributed by atoms with Crippen molar-refractivity contribution in [2.75, 3.05) is 26.4 Å². The predicted molar refractivity (Wildman–Crippen MR) is 434 cm³/mol. The molecule has 3 aliphatic heterocycles. The summed E-state index contributed by atoms with van der Waals surface area (Å²) in [5.74, 6) is -0.270. The third-order valence-electron chi connectivity index (χ3n) is 21.4. The number of aliphatic hydroxyl groups is 11. The molecule has 0 aromatic heterocycles. The van der Waals surface area contributed by atoms with E-state index in [0.29, 0.717) is 6.42 Å². The van der Waals surface area contributed by atoms with Gasteiger partial charge in [0.25, 0.3) is 0 Å². The van der Waals surface area contributed by atoms with Gasteiger partial charge in [-0.05, 0) is 70.6 Å². The first-order chi connectivity index (χ1) is 52.8. The molecular formula is C89H159NO18. The number of carbonyl (C=O) groups is 1. The van der Waals surface area contributed by atoms with Gasteiger partial charge in [0.05, 0.1) is 38.6 Å². The first kappa shape index (κ1) is 99.2. The predicted octanol–water partition coefficient (Wildman–Crippen LogP) is 16.1. The van der Waals surface area contributed by atoms with E-state index in [4.69, 9.17) is 28.4 Å². The summed E-state index contributed by atoms with van der Waals surface area (Å²) in [5, 5.41) is 121. The van der Waals surface area contributed by atoms with Crippen LogP contribution >= 0.6 is 0 Å². The lowest BCUT2D eigenvalue weighted by Crippen LogP contribution is -2.66. The van der Waals surface area contributed by atoms with Gasteiger partial charge in [-0.1, -0.05) is 349 Å². The molecule has 0 aromatic carbocycles. The van der Waals surface area contributed by atoms with Crippen LogP contribution in [0.1, 0.15) is 341 Å². The molecule has 3 heterocycles. The van der Waals surface area contributed by atoms with E-state index in [2.05, 4.69) is 92.1 Å². The number of carbonyl (C=O) groups excluding carboxylic acids is 1. The Bertz CT molecular complexity index is 2280. The van der Waals surface area contributed by atoms with E-state index in [9.17, 15) is 61.0 Å². The molecule has 3 saturated heterocycles. The fourth-order valence-corrected chi connectivity index (χ4v) is 14.5. The van der Waals surface area contributed by atoms with Gasteiger partial charge in [-0.25, -0.2) is 0 Å². The van der Waals surface area contributed by atoms with Crippen LogP contribution in [-0.4, -0.2) is 193 Å². The zero-order valence-corrected chi connectivity index (χ0v) is 67.6. The Hall–Kier alpha value is -3.03. The van der Waals surface area contributed by atoms with E-state index in [0.717, 1.165) is 83.5 Å². The monoisotopic (exact) mass is 1530 g/mol. The Morgan fingerprint density at radius 1 is 0.343 bits per heavy atom. The Balaban J connectivity index is 1.30. The van der Waals surface area contributed by atoms with E-state index >= 15 is 0 Å². The van der Waals surface area contributed by atoms with Gasteiger partial charge in [0.2, 0.25) is 5.91 Å². The summed E-state index contributed by atoms with van der Waals surface area (Å²) in [4.78, 5) is 13.5. The molecule has 3 fully saturated rings. The second-order valence-corrected chi connectivity index (χ2v) is 31.0. The Kier molecular flexibility index (Phi) is 62.8. The summed E-state index contributed by atoms with van der Waals surface area (Å²) in [6.45, 7) is 1.67. The zero-order valence-electron chi connectivity index (χ0n) is 67.6. The van der Waals surface area contributed by atoms with Crippen molar-refractivity contribution in [1.29, 1.82) is 0 Å². The number of hydrogen-bond donors (Lipinski definition) is 12. The molecule has 0 bridgehead atoms. The zero-order chi connectivity index (χ0) is 78.1. The summed E-state index contributed by atoms with van der Waals surface area (Å²) in [7, 11) is 0. The van der Waals surface area contributed by atoms with Crippen molar-refractivity contribution < 1.29 is 89.4 Å². The number of aliphatic hydroxyl groups excluding tert-OH is 11. The highest BCUT2D eigenvalue weighted by Crippen LogP contribution is 2.33. The van der Waals surface area contributed by atoms with Crippen LogP contribution in [0.25, 0.3) is 0 Å². The molecular weight excluding hydrogens is 1370 g/mol. The van der Waals surface area contributed by atoms with Gasteiger partial charge in [0, 0.05) is 6.42 Å². The van der Waals surface area contributed by atoms with Crippen molar-refractivity contribution in [3.63, 3.8) is 0 Å². The van der Waals surface area contributed by atoms with E-state index in [1.54, 1.807) is 6.08 Å². The molecule has 628 valence electrons. The highest BCUT2D eigenvalue weighted by molar-refractivity contribution is 5.76. The lowest BCUT2D eigenvalue weighted by Gasteiger charge is -2.48. The Morgan fingerprint density at radius 2 is 0.639 bits per heavy atom. The van der Waals surface area contributed by atoms with Crippen LogP contribution in [0.15, 0.2) is 85.1 Å². The third kappa shape index (κ3) is 47.0. The van der Waals surface area contributed by atoms with Crippen molar-refractivity contribution >= 4 is 5.91 Å². The van der Waals surface area contributed by atoms with Crippen LogP contribution in [0.3, 0.4) is 0 Å². The van der Waals surface area contributed by atoms with E-state index in [1.807, 2.05) is 6.08 Å². The number of amides is 1. The minimum Gasteiger partial charge on any atom is -0.394 e. The molecule has 0 aliphatic carbocycles. The number of allylic oxidation sites excluding steroid dienone is 13. The van der Waals surface area contributed by atoms with Gasteiger partial charge in [-0.3, -0.25) is 4.79 Å². The van der Waals surface area contributed by atoms with Crippen LogP contribution in [-0.2, 0) is 33.2 Å². The van der Waals surface area contributed by atoms with Crippen molar-refractivity contribution in [1.82, 2.24) is 5.32 Å². The average molecular weight is 1530 g/mol. The molecule has 0 aromatic rings. The minimum atomic E-state index is -1.98. The van der Waals surface area contributed by atoms with Crippen molar-refractivity contribution in [2.24, 2.45) is 0 Å². The number of unbranched alkanes of at least 4 members (excludes halogenated alkanes) is 42. The van der Waals surface area contributed by atoms with Gasteiger partial charge >= 0.3 is 0 Å². The minimum absolute atomic E-state index is 0.245. The molecule has 3 rings (SSSR count). The fourth-order valence-electron chi connectivity index (χ4n) is 14.5. The maximum Gasteiger partial charge on any atom is 0.220 e. The summed E-state index contributed by atoms with van der Waals surface area (Å²) < 4.78 is 34.5. The van der Waals surface area contributed by atoms with Gasteiger partial charge in [-0.15, -0.1) is 0 Å². The molecule has 3 aliphatic rings. The molecule has 0 saturated carbocycles. The van der Waals surface area contributed by atoms with E-state index in [1.165, 1.54) is 231 Å². The largest absolute Gasteiger partial charge is 0.394 e. The van der Waals surface area contributed by atoms with Crippen molar-refractivity contribution in [2.45, 2.75) is 446 Å². The van der Waals surface area contributed by atoms with Crippen LogP contribution < -0.4 is 5.32 Å². The normalized spacial score (nSPS) is 25.8. The third-order valence-corrected chi connectivity index (χ3v) is 21.4. The van der Waals surface area contributed by atoms with Crippen LogP contribution in [0, 0.1) is 0 Å². The number of hydrogen-bond acceptors (Lipinski definition) is 18. The molecule has 17 unspecified atom stereocenters. The molecule has 0 spiro atoms. The van der Waals surface area contributed by atoms with Gasteiger partial charge in [-0.2, -0.15) is 0 Å². The maximum absolute atomic E-state index is 13.5. The van der Waals surface area contributed by atoms with Crippen molar-refractivity contribution in [3.05, 3.63) is 85.1 Å². The Morgan fingerprint density at radius 3 is 1.00 bits per heavy atom.